The Bertz CT molecular complexity index is 4320. The Morgan fingerprint density at radius 2 is 0.638 bits per heavy atom. The number of hydrogen-bond donors (Lipinski definition) is 3. The van der Waals surface area contributed by atoms with Crippen LogP contribution in [-0.4, -0.2) is 151 Å². The molecule has 33 heteroatoms. The van der Waals surface area contributed by atoms with Gasteiger partial charge in [0, 0.05) is 149 Å². The average molecular weight is 1530 g/mol. The lowest BCUT2D eigenvalue weighted by Gasteiger charge is -2.33. The van der Waals surface area contributed by atoms with E-state index in [0.717, 1.165) is 0 Å². The molecule has 3 aliphatic heterocycles. The largest absolute Gasteiger partial charge is 0.490 e. The number of amides is 3. The first-order chi connectivity index (χ1) is 49.2. The van der Waals surface area contributed by atoms with E-state index in [2.05, 4.69) is 29.9 Å². The van der Waals surface area contributed by atoms with Gasteiger partial charge in [0.25, 0.3) is 35.5 Å². The number of piperidine rings is 3. The van der Waals surface area contributed by atoms with Crippen molar-refractivity contribution in [3.63, 3.8) is 0 Å². The van der Waals surface area contributed by atoms with Crippen LogP contribution < -0.4 is 31.4 Å². The number of ether oxygens (including phenoxy) is 3. The zero-order chi connectivity index (χ0) is 77.0. The highest BCUT2D eigenvalue weighted by Crippen LogP contribution is 2.46. The van der Waals surface area contributed by atoms with Crippen LogP contribution in [0.15, 0.2) is 55.4 Å². The Morgan fingerprint density at radius 3 is 0.848 bits per heavy atom. The third kappa shape index (κ3) is 16.2. The topological polar surface area (TPSA) is 257 Å². The van der Waals surface area contributed by atoms with Crippen LogP contribution in [0.25, 0.3) is 16.6 Å². The van der Waals surface area contributed by atoms with Crippen molar-refractivity contribution in [3.8, 4) is 17.2 Å². The lowest BCUT2D eigenvalue weighted by Crippen LogP contribution is -2.43. The lowest BCUT2D eigenvalue weighted by atomic mass is 9.95. The molecular formula is C72H81Cl3F9N15O6. The zero-order valence-corrected chi connectivity index (χ0v) is 62.0. The number of carbonyl (C=O) groups excluding carboxylic acids is 3. The molecular weight excluding hydrogens is 1450 g/mol. The highest BCUT2D eigenvalue weighted by molar-refractivity contribution is 6.32. The van der Waals surface area contributed by atoms with Crippen LogP contribution in [0, 0.1) is 38.2 Å². The lowest BCUT2D eigenvalue weighted by molar-refractivity contribution is -0.0504. The number of likely N-dealkylation sites (tertiary alicyclic amines) is 3. The van der Waals surface area contributed by atoms with Gasteiger partial charge in [0.15, 0.2) is 17.5 Å². The van der Waals surface area contributed by atoms with E-state index in [1.165, 1.54) is 32.9 Å². The van der Waals surface area contributed by atoms with Crippen molar-refractivity contribution < 1.29 is 68.1 Å². The van der Waals surface area contributed by atoms with Crippen molar-refractivity contribution in [3.05, 3.63) is 156 Å². The molecule has 3 atom stereocenters. The summed E-state index contributed by atoms with van der Waals surface area (Å²) in [7, 11) is 0. The number of fused-ring (bicyclic) bond motifs is 3. The summed E-state index contributed by atoms with van der Waals surface area (Å²) in [6.45, 7) is 20.2. The Kier molecular flexibility index (Phi) is 23.1. The summed E-state index contributed by atoms with van der Waals surface area (Å²) in [5, 5.41) is -0.813. The Labute approximate surface area is 614 Å². The number of nitrogens with two attached hydrogens (primary N) is 3. The summed E-state index contributed by atoms with van der Waals surface area (Å²) in [6, 6.07) is 4.25. The number of benzene rings is 3. The molecule has 12 rings (SSSR count). The number of halogens is 12. The maximum absolute atomic E-state index is 15.4. The van der Waals surface area contributed by atoms with Gasteiger partial charge < -0.3 is 46.1 Å². The molecule has 9 aromatic rings. The Hall–Kier alpha value is -9.03. The first-order valence-electron chi connectivity index (χ1n) is 34.1. The van der Waals surface area contributed by atoms with Crippen LogP contribution in [0.4, 0.5) is 57.0 Å². The van der Waals surface area contributed by atoms with Crippen LogP contribution in [0.3, 0.4) is 0 Å². The number of rotatable bonds is 15. The standard InChI is InChI=1S/3C24H27ClF3N5O2/c3*1-12(2)35-20-15(13(3)22-31-14(4)19-21(29)30-7-10-33(19)22)11-16(25)18(26)17(20)23(34)32-8-5-24(27,28)6-9-32/h3*7,10-13H,5-6,8-9H2,1-4H3,(H2,29,30). The van der Waals surface area contributed by atoms with Gasteiger partial charge in [0.05, 0.1) is 50.5 Å². The molecule has 0 radical (unpaired) electrons. The molecule has 3 saturated heterocycles. The smallest absolute Gasteiger partial charge is 0.260 e. The first kappa shape index (κ1) is 78.6. The predicted octanol–water partition coefficient (Wildman–Crippen LogP) is 15.7. The number of aromatic nitrogens is 9. The van der Waals surface area contributed by atoms with Crippen LogP contribution >= 0.6 is 34.8 Å². The SMILES string of the molecule is Cc1nc(C(C)c2cc(Cl)c(F)c(C(=O)N3CCC(F)(F)CC3)c2OC(C)C)n2ccnc(N)c12.Cc1nc(C(C)c2cc(Cl)c(F)c(C(=O)N3CCC(F)(F)CC3)c2OC(C)C)n2ccnc(N)c12.Cc1nc(C(C)c2cc(Cl)c(F)c(C(=O)N3CCC(F)(F)CC3)c2OC(C)C)n2ccnc(N)c12. The van der Waals surface area contributed by atoms with Gasteiger partial charge >= 0.3 is 0 Å². The van der Waals surface area contributed by atoms with Gasteiger partial charge in [-0.05, 0) is 80.5 Å². The Morgan fingerprint density at radius 1 is 0.419 bits per heavy atom. The molecule has 0 bridgehead atoms. The maximum atomic E-state index is 15.4. The van der Waals surface area contributed by atoms with Crippen LogP contribution in [-0.2, 0) is 0 Å². The summed E-state index contributed by atoms with van der Waals surface area (Å²) in [5.74, 6) is -12.4. The molecule has 0 saturated carbocycles. The van der Waals surface area contributed by atoms with E-state index < -0.39 is 128 Å². The average Bonchev–Trinajstić information content (AvgIpc) is 1.61. The van der Waals surface area contributed by atoms with Crippen LogP contribution in [0.5, 0.6) is 17.2 Å². The summed E-state index contributed by atoms with van der Waals surface area (Å²) >= 11 is 18.8. The van der Waals surface area contributed by atoms with Crippen molar-refractivity contribution in [1.29, 1.82) is 0 Å². The number of nitrogens with zero attached hydrogens (tertiary/aromatic N) is 12. The number of aryl methyl sites for hydroxylation is 3. The molecule has 6 aromatic heterocycles. The van der Waals surface area contributed by atoms with Crippen LogP contribution in [0.2, 0.25) is 15.1 Å². The summed E-state index contributed by atoms with van der Waals surface area (Å²) in [4.78, 5) is 70.2. The van der Waals surface area contributed by atoms with Crippen molar-refractivity contribution in [2.75, 3.05) is 56.5 Å². The maximum Gasteiger partial charge on any atom is 0.260 e. The highest BCUT2D eigenvalue weighted by Gasteiger charge is 2.43. The number of alkyl halides is 6. The number of imidazole rings is 3. The second-order valence-electron chi connectivity index (χ2n) is 27.3. The zero-order valence-electron chi connectivity index (χ0n) is 59.7. The van der Waals surface area contributed by atoms with Gasteiger partial charge in [-0.15, -0.1) is 0 Å². The Balaban J connectivity index is 0.000000169. The van der Waals surface area contributed by atoms with E-state index in [1.54, 1.807) is 113 Å². The molecule has 3 aromatic carbocycles. The third-order valence-corrected chi connectivity index (χ3v) is 19.4. The van der Waals surface area contributed by atoms with Crippen molar-refractivity contribution >= 4 is 86.5 Å². The van der Waals surface area contributed by atoms with E-state index >= 15 is 13.2 Å². The molecule has 3 amide bonds. The van der Waals surface area contributed by atoms with Crippen molar-refractivity contribution in [1.82, 2.24) is 57.8 Å². The van der Waals surface area contributed by atoms with E-state index in [0.29, 0.717) is 85.2 Å². The molecule has 3 fully saturated rings. The normalized spacial score (nSPS) is 16.7. The van der Waals surface area contributed by atoms with Gasteiger partial charge in [-0.2, -0.15) is 0 Å². The molecule has 564 valence electrons. The van der Waals surface area contributed by atoms with Gasteiger partial charge in [0.2, 0.25) is 0 Å². The summed E-state index contributed by atoms with van der Waals surface area (Å²) < 4.78 is 151. The van der Waals surface area contributed by atoms with Gasteiger partial charge in [-0.3, -0.25) is 27.6 Å². The van der Waals surface area contributed by atoms with Gasteiger partial charge in [-0.25, -0.2) is 69.4 Å². The fourth-order valence-electron chi connectivity index (χ4n) is 13.2. The molecule has 3 unspecified atom stereocenters. The van der Waals surface area contributed by atoms with Crippen molar-refractivity contribution in [2.24, 2.45) is 0 Å². The number of carbonyl (C=O) groups is 3. The van der Waals surface area contributed by atoms with Crippen LogP contribution in [0.1, 0.15) is 201 Å². The minimum Gasteiger partial charge on any atom is -0.490 e. The van der Waals surface area contributed by atoms with E-state index in [4.69, 9.17) is 66.2 Å². The van der Waals surface area contributed by atoms with E-state index in [-0.39, 0.29) is 88.3 Å². The quantitative estimate of drug-likeness (QED) is 0.0806. The molecule has 21 nitrogen and oxygen atoms in total. The second-order valence-corrected chi connectivity index (χ2v) is 28.5. The van der Waals surface area contributed by atoms with E-state index in [9.17, 15) is 40.7 Å². The predicted molar refractivity (Wildman–Crippen MR) is 381 cm³/mol. The van der Waals surface area contributed by atoms with Gasteiger partial charge in [0.1, 0.15) is 85.4 Å². The molecule has 3 aliphatic rings. The number of nitrogen functional groups attached to an aromatic ring is 3. The minimum atomic E-state index is -2.85. The highest BCUT2D eigenvalue weighted by atomic mass is 35.5. The fraction of sp³-hybridized carbons (Fsp3) is 0.458. The molecule has 105 heavy (non-hydrogen) atoms. The first-order valence-corrected chi connectivity index (χ1v) is 35.2. The number of anilines is 3. The van der Waals surface area contributed by atoms with E-state index in [1.807, 2.05) is 20.8 Å². The van der Waals surface area contributed by atoms with Crippen molar-refractivity contribution in [2.45, 2.75) is 175 Å². The third-order valence-electron chi connectivity index (χ3n) is 18.6. The summed E-state index contributed by atoms with van der Waals surface area (Å²) in [5.41, 5.74) is 22.2. The molecule has 9 heterocycles. The summed E-state index contributed by atoms with van der Waals surface area (Å²) in [6.07, 6.45) is 5.64. The fourth-order valence-corrected chi connectivity index (χ4v) is 13.9. The molecule has 6 N–H and O–H groups in total. The molecule has 0 spiro atoms. The van der Waals surface area contributed by atoms with Gasteiger partial charge in [-0.1, -0.05) is 55.6 Å². The minimum absolute atomic E-state index is 0.0214. The second kappa shape index (κ2) is 30.8. The molecule has 0 aliphatic carbocycles. The number of hydrogen-bond acceptors (Lipinski definition) is 15. The monoisotopic (exact) mass is 1530 g/mol.